The van der Waals surface area contributed by atoms with Crippen LogP contribution in [0.15, 0.2) is 64.0 Å². The number of carbonyl (C=O) groups is 2. The van der Waals surface area contributed by atoms with Gasteiger partial charge in [0.1, 0.15) is 10.6 Å². The van der Waals surface area contributed by atoms with Gasteiger partial charge in [0.05, 0.1) is 18.9 Å². The minimum Gasteiger partial charge on any atom is -0.378 e. The van der Waals surface area contributed by atoms with Gasteiger partial charge in [-0.05, 0) is 42.7 Å². The summed E-state index contributed by atoms with van der Waals surface area (Å²) in [4.78, 5) is 31.6. The van der Waals surface area contributed by atoms with Gasteiger partial charge < -0.3 is 9.64 Å². The predicted octanol–water partition coefficient (Wildman–Crippen LogP) is 4.33. The molecule has 4 rings (SSSR count). The number of rotatable bonds is 5. The Morgan fingerprint density at radius 3 is 2.13 bits per heavy atom. The maximum atomic E-state index is 13.4. The fraction of sp³-hybridized carbons (Fsp3) is 0.333. The van der Waals surface area contributed by atoms with Crippen molar-refractivity contribution in [2.45, 2.75) is 31.6 Å². The minimum atomic E-state index is -0.260. The van der Waals surface area contributed by atoms with Gasteiger partial charge in [-0.2, -0.15) is 0 Å². The number of hydrogen-bond acceptors (Lipinski definition) is 5. The van der Waals surface area contributed by atoms with Crippen molar-refractivity contribution in [2.75, 3.05) is 31.2 Å². The first kappa shape index (κ1) is 20.7. The van der Waals surface area contributed by atoms with Crippen LogP contribution >= 0.6 is 11.8 Å². The van der Waals surface area contributed by atoms with Gasteiger partial charge in [0, 0.05) is 18.0 Å². The van der Waals surface area contributed by atoms with E-state index in [0.29, 0.717) is 48.5 Å². The van der Waals surface area contributed by atoms with Gasteiger partial charge in [0.15, 0.2) is 0 Å². The Morgan fingerprint density at radius 2 is 1.53 bits per heavy atom. The Morgan fingerprint density at radius 1 is 0.900 bits per heavy atom. The van der Waals surface area contributed by atoms with E-state index in [4.69, 9.17) is 4.74 Å². The van der Waals surface area contributed by atoms with Crippen LogP contribution in [0.1, 0.15) is 30.9 Å². The number of aryl methyl sites for hydroxylation is 1. The number of ether oxygens (including phenoxy) is 1. The number of anilines is 1. The molecule has 0 N–H and O–H groups in total. The Bertz CT molecular complexity index is 975. The maximum Gasteiger partial charge on any atom is 0.283 e. The van der Waals surface area contributed by atoms with Gasteiger partial charge >= 0.3 is 0 Å². The minimum absolute atomic E-state index is 0.256. The lowest BCUT2D eigenvalue weighted by Crippen LogP contribution is -2.40. The van der Waals surface area contributed by atoms with Crippen LogP contribution in [0.2, 0.25) is 0 Å². The molecule has 0 aromatic heterocycles. The molecule has 1 fully saturated rings. The lowest BCUT2D eigenvalue weighted by molar-refractivity contribution is -0.121. The van der Waals surface area contributed by atoms with Crippen molar-refractivity contribution in [2.24, 2.45) is 0 Å². The fourth-order valence-corrected chi connectivity index (χ4v) is 4.62. The highest BCUT2D eigenvalue weighted by Gasteiger charge is 2.42. The molecule has 0 spiro atoms. The quantitative estimate of drug-likeness (QED) is 0.672. The van der Waals surface area contributed by atoms with Gasteiger partial charge in [-0.1, -0.05) is 55.4 Å². The third-order valence-electron chi connectivity index (χ3n) is 5.40. The maximum absolute atomic E-state index is 13.4. The molecule has 2 heterocycles. The van der Waals surface area contributed by atoms with E-state index in [1.165, 1.54) is 22.2 Å². The number of benzene rings is 2. The topological polar surface area (TPSA) is 49.9 Å². The standard InChI is InChI=1S/C24H26N2O3S/c1-16(2)18-6-8-19(9-7-18)26-23(27)21(25-12-14-29-15-13-25)22(24(26)28)30-20-10-4-17(3)5-11-20/h4-11,16H,12-15H2,1-3H3. The zero-order valence-corrected chi connectivity index (χ0v) is 18.4. The lowest BCUT2D eigenvalue weighted by atomic mass is 10.0. The smallest absolute Gasteiger partial charge is 0.283 e. The van der Waals surface area contributed by atoms with Crippen LogP contribution in [0.5, 0.6) is 0 Å². The second kappa shape index (κ2) is 8.66. The summed E-state index contributed by atoms with van der Waals surface area (Å²) >= 11 is 1.37. The van der Waals surface area contributed by atoms with Crippen molar-refractivity contribution in [1.29, 1.82) is 0 Å². The van der Waals surface area contributed by atoms with E-state index in [-0.39, 0.29) is 11.8 Å². The SMILES string of the molecule is Cc1ccc(SC2=C(N3CCOCC3)C(=O)N(c3ccc(C(C)C)cc3)C2=O)cc1. The monoisotopic (exact) mass is 422 g/mol. The van der Waals surface area contributed by atoms with Crippen molar-refractivity contribution in [3.8, 4) is 0 Å². The summed E-state index contributed by atoms with van der Waals surface area (Å²) in [5, 5.41) is 0. The van der Waals surface area contributed by atoms with Crippen LogP contribution < -0.4 is 4.90 Å². The molecule has 0 unspecified atom stereocenters. The molecule has 0 radical (unpaired) electrons. The molecule has 30 heavy (non-hydrogen) atoms. The molecule has 0 aliphatic carbocycles. The normalized spacial score (nSPS) is 17.5. The van der Waals surface area contributed by atoms with Crippen molar-refractivity contribution >= 4 is 29.3 Å². The molecule has 0 saturated carbocycles. The largest absolute Gasteiger partial charge is 0.378 e. The first-order valence-corrected chi connectivity index (χ1v) is 11.1. The van der Waals surface area contributed by atoms with Crippen molar-refractivity contribution < 1.29 is 14.3 Å². The summed E-state index contributed by atoms with van der Waals surface area (Å²) < 4.78 is 5.45. The van der Waals surface area contributed by atoms with E-state index in [9.17, 15) is 9.59 Å². The Labute approximate surface area is 181 Å². The van der Waals surface area contributed by atoms with E-state index in [1.807, 2.05) is 60.4 Å². The number of amides is 2. The van der Waals surface area contributed by atoms with Crippen molar-refractivity contribution in [3.05, 3.63) is 70.3 Å². The first-order chi connectivity index (χ1) is 14.5. The molecule has 156 valence electrons. The lowest BCUT2D eigenvalue weighted by Gasteiger charge is -2.29. The van der Waals surface area contributed by atoms with Gasteiger partial charge in [-0.15, -0.1) is 0 Å². The van der Waals surface area contributed by atoms with E-state index in [0.717, 1.165) is 10.5 Å². The van der Waals surface area contributed by atoms with Gasteiger partial charge in [-0.3, -0.25) is 9.59 Å². The first-order valence-electron chi connectivity index (χ1n) is 10.3. The zero-order chi connectivity index (χ0) is 21.3. The summed E-state index contributed by atoms with van der Waals surface area (Å²) in [6, 6.07) is 15.7. The summed E-state index contributed by atoms with van der Waals surface area (Å²) in [5.74, 6) is -0.128. The molecule has 2 aromatic carbocycles. The Balaban J connectivity index is 1.70. The molecule has 2 amide bonds. The van der Waals surface area contributed by atoms with E-state index in [1.54, 1.807) is 0 Å². The molecule has 2 aromatic rings. The number of thioether (sulfide) groups is 1. The molecule has 5 nitrogen and oxygen atoms in total. The summed E-state index contributed by atoms with van der Waals surface area (Å²) in [6.45, 7) is 8.58. The molecule has 6 heteroatoms. The zero-order valence-electron chi connectivity index (χ0n) is 17.6. The average Bonchev–Trinajstić information content (AvgIpc) is 3.00. The van der Waals surface area contributed by atoms with Gasteiger partial charge in [0.25, 0.3) is 11.8 Å². The molecule has 2 aliphatic rings. The van der Waals surface area contributed by atoms with E-state index in [2.05, 4.69) is 13.8 Å². The highest BCUT2D eigenvalue weighted by atomic mass is 32.2. The third kappa shape index (κ3) is 4.02. The molecule has 2 aliphatic heterocycles. The van der Waals surface area contributed by atoms with E-state index >= 15 is 0 Å². The Kier molecular flexibility index (Phi) is 5.97. The molecule has 1 saturated heterocycles. The number of imide groups is 1. The molecule has 0 atom stereocenters. The van der Waals surface area contributed by atoms with Crippen LogP contribution in [0.3, 0.4) is 0 Å². The van der Waals surface area contributed by atoms with Crippen LogP contribution in [0, 0.1) is 6.92 Å². The number of morpholine rings is 1. The van der Waals surface area contributed by atoms with Gasteiger partial charge in [0.2, 0.25) is 0 Å². The van der Waals surface area contributed by atoms with Crippen LogP contribution in [0.25, 0.3) is 0 Å². The Hall–Kier alpha value is -2.57. The summed E-state index contributed by atoms with van der Waals surface area (Å²) in [6.07, 6.45) is 0. The third-order valence-corrected chi connectivity index (χ3v) is 6.48. The van der Waals surface area contributed by atoms with E-state index < -0.39 is 0 Å². The van der Waals surface area contributed by atoms with Crippen molar-refractivity contribution in [3.63, 3.8) is 0 Å². The average molecular weight is 423 g/mol. The summed E-state index contributed by atoms with van der Waals surface area (Å²) in [7, 11) is 0. The van der Waals surface area contributed by atoms with Crippen LogP contribution in [0.4, 0.5) is 5.69 Å². The van der Waals surface area contributed by atoms with Crippen molar-refractivity contribution in [1.82, 2.24) is 4.90 Å². The van der Waals surface area contributed by atoms with Crippen LogP contribution in [-0.2, 0) is 14.3 Å². The number of carbonyl (C=O) groups excluding carboxylic acids is 2. The van der Waals surface area contributed by atoms with Crippen LogP contribution in [-0.4, -0.2) is 43.0 Å². The highest BCUT2D eigenvalue weighted by molar-refractivity contribution is 8.04. The predicted molar refractivity (Wildman–Crippen MR) is 119 cm³/mol. The fourth-order valence-electron chi connectivity index (χ4n) is 3.62. The second-order valence-corrected chi connectivity index (χ2v) is 8.97. The number of hydrogen-bond donors (Lipinski definition) is 0. The molecule has 0 bridgehead atoms. The highest BCUT2D eigenvalue weighted by Crippen LogP contribution is 2.39. The van der Waals surface area contributed by atoms with Gasteiger partial charge in [-0.25, -0.2) is 4.90 Å². The molecular formula is C24H26N2O3S. The second-order valence-electron chi connectivity index (χ2n) is 7.88. The summed E-state index contributed by atoms with van der Waals surface area (Å²) in [5.41, 5.74) is 3.43. The molecular weight excluding hydrogens is 396 g/mol. The number of nitrogens with zero attached hydrogens (tertiary/aromatic N) is 2.